The zero-order chi connectivity index (χ0) is 17.8. The van der Waals surface area contributed by atoms with Crippen molar-refractivity contribution in [2.45, 2.75) is 20.5 Å². The molecule has 0 radical (unpaired) electrons. The Morgan fingerprint density at radius 1 is 1.28 bits per heavy atom. The van der Waals surface area contributed by atoms with E-state index in [1.165, 1.54) is 0 Å². The Labute approximate surface area is 144 Å². The lowest BCUT2D eigenvalue weighted by Crippen LogP contribution is -2.19. The average Bonchev–Trinajstić information content (AvgIpc) is 3.16. The molecule has 0 aliphatic rings. The van der Waals surface area contributed by atoms with Crippen LogP contribution in [0.25, 0.3) is 11.4 Å². The molecule has 0 aliphatic heterocycles. The van der Waals surface area contributed by atoms with Gasteiger partial charge in [-0.3, -0.25) is 9.48 Å². The van der Waals surface area contributed by atoms with Crippen molar-refractivity contribution in [3.05, 3.63) is 47.6 Å². The molecule has 0 fully saturated rings. The minimum atomic E-state index is -0.262. The van der Waals surface area contributed by atoms with E-state index in [4.69, 9.17) is 9.26 Å². The maximum Gasteiger partial charge on any atom is 0.252 e. The molecule has 0 aliphatic carbocycles. The van der Waals surface area contributed by atoms with Gasteiger partial charge in [0.25, 0.3) is 5.89 Å². The van der Waals surface area contributed by atoms with Crippen molar-refractivity contribution < 1.29 is 14.1 Å². The van der Waals surface area contributed by atoms with Crippen molar-refractivity contribution in [2.24, 2.45) is 7.05 Å². The second-order valence-electron chi connectivity index (χ2n) is 5.59. The van der Waals surface area contributed by atoms with Gasteiger partial charge in [0.2, 0.25) is 11.7 Å². The highest BCUT2D eigenvalue weighted by molar-refractivity contribution is 5.92. The Kier molecular flexibility index (Phi) is 4.90. The Morgan fingerprint density at radius 3 is 2.72 bits per heavy atom. The smallest absolute Gasteiger partial charge is 0.252 e. The lowest BCUT2D eigenvalue weighted by Gasteiger charge is -2.05. The van der Waals surface area contributed by atoms with Crippen molar-refractivity contribution in [3.63, 3.8) is 0 Å². The SMILES string of the molecule is Cc1nn(C)c(C)c1NC(=O)COCc1nc(-c2ccccc2)no1. The summed E-state index contributed by atoms with van der Waals surface area (Å²) in [6.07, 6.45) is 0. The van der Waals surface area contributed by atoms with Crippen molar-refractivity contribution in [1.82, 2.24) is 19.9 Å². The first-order chi connectivity index (χ1) is 12.0. The van der Waals surface area contributed by atoms with Gasteiger partial charge in [-0.25, -0.2) is 0 Å². The molecule has 0 spiro atoms. The van der Waals surface area contributed by atoms with Gasteiger partial charge in [-0.2, -0.15) is 10.1 Å². The van der Waals surface area contributed by atoms with Crippen molar-refractivity contribution in [2.75, 3.05) is 11.9 Å². The van der Waals surface area contributed by atoms with E-state index in [9.17, 15) is 4.79 Å². The summed E-state index contributed by atoms with van der Waals surface area (Å²) in [6.45, 7) is 3.68. The van der Waals surface area contributed by atoms with Gasteiger partial charge in [0.15, 0.2) is 0 Å². The van der Waals surface area contributed by atoms with Crippen LogP contribution in [0.2, 0.25) is 0 Å². The van der Waals surface area contributed by atoms with Crippen LogP contribution in [-0.4, -0.2) is 32.4 Å². The number of nitrogens with zero attached hydrogens (tertiary/aromatic N) is 4. The third-order valence-corrected chi connectivity index (χ3v) is 3.73. The maximum absolute atomic E-state index is 12.0. The number of amides is 1. The number of aryl methyl sites for hydroxylation is 2. The van der Waals surface area contributed by atoms with Gasteiger partial charge in [0.05, 0.1) is 17.1 Å². The van der Waals surface area contributed by atoms with E-state index in [1.54, 1.807) is 4.68 Å². The first-order valence-corrected chi connectivity index (χ1v) is 7.80. The third-order valence-electron chi connectivity index (χ3n) is 3.73. The van der Waals surface area contributed by atoms with E-state index in [-0.39, 0.29) is 19.1 Å². The minimum absolute atomic E-state index is 0.0677. The Hall–Kier alpha value is -3.00. The number of aromatic nitrogens is 4. The molecule has 8 heteroatoms. The predicted octanol–water partition coefficient (Wildman–Crippen LogP) is 2.24. The molecule has 3 aromatic rings. The number of carbonyl (C=O) groups is 1. The van der Waals surface area contributed by atoms with E-state index in [1.807, 2.05) is 51.2 Å². The quantitative estimate of drug-likeness (QED) is 0.739. The van der Waals surface area contributed by atoms with Crippen LogP contribution < -0.4 is 5.32 Å². The topological polar surface area (TPSA) is 95.1 Å². The monoisotopic (exact) mass is 341 g/mol. The van der Waals surface area contributed by atoms with Crippen LogP contribution in [0.3, 0.4) is 0 Å². The zero-order valence-corrected chi connectivity index (χ0v) is 14.3. The summed E-state index contributed by atoms with van der Waals surface area (Å²) in [5, 5.41) is 11.0. The molecule has 130 valence electrons. The number of rotatable bonds is 6. The number of hydrogen-bond acceptors (Lipinski definition) is 6. The number of anilines is 1. The number of nitrogens with one attached hydrogen (secondary N) is 1. The van der Waals surface area contributed by atoms with Crippen LogP contribution in [0.5, 0.6) is 0 Å². The van der Waals surface area contributed by atoms with Gasteiger partial charge < -0.3 is 14.6 Å². The molecule has 0 atom stereocenters. The minimum Gasteiger partial charge on any atom is -0.362 e. The van der Waals surface area contributed by atoms with E-state index in [0.717, 1.165) is 17.0 Å². The first-order valence-electron chi connectivity index (χ1n) is 7.80. The van der Waals surface area contributed by atoms with Crippen molar-refractivity contribution >= 4 is 11.6 Å². The molecule has 8 nitrogen and oxygen atoms in total. The fourth-order valence-electron chi connectivity index (χ4n) is 2.38. The molecule has 1 amide bonds. The fourth-order valence-corrected chi connectivity index (χ4v) is 2.38. The predicted molar refractivity (Wildman–Crippen MR) is 90.7 cm³/mol. The van der Waals surface area contributed by atoms with E-state index in [2.05, 4.69) is 20.6 Å². The maximum atomic E-state index is 12.0. The number of ether oxygens (including phenoxy) is 1. The summed E-state index contributed by atoms with van der Waals surface area (Å²) >= 11 is 0. The van der Waals surface area contributed by atoms with Gasteiger partial charge in [0.1, 0.15) is 13.2 Å². The lowest BCUT2D eigenvalue weighted by molar-refractivity contribution is -0.121. The largest absolute Gasteiger partial charge is 0.362 e. The molecule has 1 aromatic carbocycles. The lowest BCUT2D eigenvalue weighted by atomic mass is 10.2. The average molecular weight is 341 g/mol. The standard InChI is InChI=1S/C17H19N5O3/c1-11-16(12(2)22(3)20-11)18-14(23)9-24-10-15-19-17(21-25-15)13-7-5-4-6-8-13/h4-8H,9-10H2,1-3H3,(H,18,23). The van der Waals surface area contributed by atoms with Crippen LogP contribution in [0.1, 0.15) is 17.3 Å². The zero-order valence-electron chi connectivity index (χ0n) is 14.3. The Morgan fingerprint density at radius 2 is 2.04 bits per heavy atom. The summed E-state index contributed by atoms with van der Waals surface area (Å²) in [4.78, 5) is 16.2. The summed E-state index contributed by atoms with van der Waals surface area (Å²) in [5.41, 5.74) is 3.21. The van der Waals surface area contributed by atoms with E-state index in [0.29, 0.717) is 17.4 Å². The fraction of sp³-hybridized carbons (Fsp3) is 0.294. The van der Waals surface area contributed by atoms with Gasteiger partial charge in [-0.05, 0) is 13.8 Å². The number of benzene rings is 1. The number of carbonyl (C=O) groups excluding carboxylic acids is 1. The highest BCUT2D eigenvalue weighted by atomic mass is 16.5. The summed E-state index contributed by atoms with van der Waals surface area (Å²) < 4.78 is 12.2. The Balaban J connectivity index is 1.51. The Bertz CT molecular complexity index is 870. The van der Waals surface area contributed by atoms with Crippen LogP contribution in [0.4, 0.5) is 5.69 Å². The highest BCUT2D eigenvalue weighted by Gasteiger charge is 2.13. The van der Waals surface area contributed by atoms with Crippen LogP contribution in [0, 0.1) is 13.8 Å². The third kappa shape index (κ3) is 3.92. The summed E-state index contributed by atoms with van der Waals surface area (Å²) in [5.74, 6) is 0.549. The molecule has 2 heterocycles. The second-order valence-corrected chi connectivity index (χ2v) is 5.59. The molecule has 1 N–H and O–H groups in total. The van der Waals surface area contributed by atoms with Crippen LogP contribution >= 0.6 is 0 Å². The second kappa shape index (κ2) is 7.27. The van der Waals surface area contributed by atoms with Gasteiger partial charge >= 0.3 is 0 Å². The van der Waals surface area contributed by atoms with E-state index >= 15 is 0 Å². The molecule has 3 rings (SSSR count). The van der Waals surface area contributed by atoms with Crippen LogP contribution in [0.15, 0.2) is 34.9 Å². The molecule has 25 heavy (non-hydrogen) atoms. The summed E-state index contributed by atoms with van der Waals surface area (Å²) in [6, 6.07) is 9.49. The van der Waals surface area contributed by atoms with Gasteiger partial charge in [-0.1, -0.05) is 35.5 Å². The molecule has 0 unspecified atom stereocenters. The van der Waals surface area contributed by atoms with Crippen molar-refractivity contribution in [3.8, 4) is 11.4 Å². The van der Waals surface area contributed by atoms with Gasteiger partial charge in [0, 0.05) is 12.6 Å². The molecular weight excluding hydrogens is 322 g/mol. The molecule has 0 bridgehead atoms. The first kappa shape index (κ1) is 16.8. The molecular formula is C17H19N5O3. The highest BCUT2D eigenvalue weighted by Crippen LogP contribution is 2.18. The van der Waals surface area contributed by atoms with E-state index < -0.39 is 0 Å². The van der Waals surface area contributed by atoms with Crippen LogP contribution in [-0.2, 0) is 23.2 Å². The molecule has 0 saturated heterocycles. The van der Waals surface area contributed by atoms with Gasteiger partial charge in [-0.15, -0.1) is 0 Å². The summed E-state index contributed by atoms with van der Waals surface area (Å²) in [7, 11) is 1.83. The number of hydrogen-bond donors (Lipinski definition) is 1. The molecule has 2 aromatic heterocycles. The normalized spacial score (nSPS) is 10.8. The molecule has 0 saturated carbocycles. The van der Waals surface area contributed by atoms with Crippen molar-refractivity contribution in [1.29, 1.82) is 0 Å².